The summed E-state index contributed by atoms with van der Waals surface area (Å²) >= 11 is 0. The molecule has 5 heteroatoms. The summed E-state index contributed by atoms with van der Waals surface area (Å²) < 4.78 is 4.80. The van der Waals surface area contributed by atoms with Gasteiger partial charge in [0.1, 0.15) is 0 Å². The summed E-state index contributed by atoms with van der Waals surface area (Å²) in [6, 6.07) is -0.317. The van der Waals surface area contributed by atoms with E-state index >= 15 is 0 Å². The van der Waals surface area contributed by atoms with E-state index in [-0.39, 0.29) is 18.4 Å². The Labute approximate surface area is 64.8 Å². The van der Waals surface area contributed by atoms with Gasteiger partial charge >= 0.3 is 5.97 Å². The zero-order chi connectivity index (χ0) is 6.85. The number of ether oxygens (including phenoxy) is 1. The largest absolute Gasteiger partial charge is 0.479 e. The highest BCUT2D eigenvalue weighted by Gasteiger charge is 2.30. The minimum atomic E-state index is -0.958. The van der Waals surface area contributed by atoms with Crippen molar-refractivity contribution in [1.29, 1.82) is 0 Å². The quantitative estimate of drug-likeness (QED) is 0.558. The summed E-state index contributed by atoms with van der Waals surface area (Å²) in [4.78, 5) is 10.2. The Morgan fingerprint density at radius 1 is 1.70 bits per heavy atom. The van der Waals surface area contributed by atoms with E-state index in [0.717, 1.165) is 0 Å². The van der Waals surface area contributed by atoms with Gasteiger partial charge in [0, 0.05) is 12.6 Å². The molecule has 0 aromatic heterocycles. The van der Waals surface area contributed by atoms with E-state index in [9.17, 15) is 4.79 Å². The zero-order valence-corrected chi connectivity index (χ0v) is 6.13. The molecule has 0 bridgehead atoms. The highest BCUT2D eigenvalue weighted by atomic mass is 35.5. The maximum atomic E-state index is 10.2. The van der Waals surface area contributed by atoms with Crippen LogP contribution in [0.2, 0.25) is 0 Å². The molecule has 4 nitrogen and oxygen atoms in total. The van der Waals surface area contributed by atoms with Gasteiger partial charge in [-0.15, -0.1) is 12.4 Å². The zero-order valence-electron chi connectivity index (χ0n) is 5.32. The summed E-state index contributed by atoms with van der Waals surface area (Å²) in [7, 11) is 0. The molecule has 1 aliphatic rings. The first-order valence-electron chi connectivity index (χ1n) is 2.82. The van der Waals surface area contributed by atoms with Gasteiger partial charge in [-0.05, 0) is 6.42 Å². The summed E-state index contributed by atoms with van der Waals surface area (Å²) in [5.74, 6) is -0.958. The Morgan fingerprint density at radius 3 is 2.50 bits per heavy atom. The molecule has 0 aromatic carbocycles. The van der Waals surface area contributed by atoms with Crippen molar-refractivity contribution < 1.29 is 14.6 Å². The molecule has 0 radical (unpaired) electrons. The molecule has 1 heterocycles. The Hall–Kier alpha value is -0.320. The van der Waals surface area contributed by atoms with Crippen molar-refractivity contribution in [1.82, 2.24) is 0 Å². The van der Waals surface area contributed by atoms with Crippen molar-refractivity contribution in [2.24, 2.45) is 5.73 Å². The Morgan fingerprint density at radius 2 is 2.30 bits per heavy atom. The van der Waals surface area contributed by atoms with Crippen molar-refractivity contribution >= 4 is 18.4 Å². The smallest absolute Gasteiger partial charge is 0.334 e. The van der Waals surface area contributed by atoms with Gasteiger partial charge in [0.05, 0.1) is 0 Å². The number of nitrogens with two attached hydrogens (primary N) is 1. The van der Waals surface area contributed by atoms with Crippen molar-refractivity contribution in [3.8, 4) is 0 Å². The Balaban J connectivity index is 0.000000810. The van der Waals surface area contributed by atoms with Crippen molar-refractivity contribution in [2.75, 3.05) is 6.61 Å². The molecule has 1 saturated heterocycles. The summed E-state index contributed by atoms with van der Waals surface area (Å²) in [6.07, 6.45) is -0.123. The van der Waals surface area contributed by atoms with E-state index < -0.39 is 12.1 Å². The number of halogens is 1. The molecule has 1 fully saturated rings. The molecular weight excluding hydrogens is 158 g/mol. The average Bonchev–Trinajstić information content (AvgIpc) is 2.13. The number of hydrogen-bond donors (Lipinski definition) is 2. The lowest BCUT2D eigenvalue weighted by atomic mass is 10.2. The number of carbonyl (C=O) groups is 1. The van der Waals surface area contributed by atoms with Gasteiger partial charge in [0.2, 0.25) is 0 Å². The van der Waals surface area contributed by atoms with Gasteiger partial charge in [-0.2, -0.15) is 0 Å². The van der Waals surface area contributed by atoms with Crippen molar-refractivity contribution in [3.05, 3.63) is 0 Å². The molecular formula is C5H10ClNO3. The van der Waals surface area contributed by atoms with Crippen LogP contribution in [0.3, 0.4) is 0 Å². The van der Waals surface area contributed by atoms with Crippen molar-refractivity contribution in [2.45, 2.75) is 18.6 Å². The lowest BCUT2D eigenvalue weighted by molar-refractivity contribution is -0.147. The fraction of sp³-hybridized carbons (Fsp3) is 0.800. The van der Waals surface area contributed by atoms with Gasteiger partial charge < -0.3 is 15.6 Å². The average molecular weight is 168 g/mol. The maximum absolute atomic E-state index is 10.2. The first-order valence-corrected chi connectivity index (χ1v) is 2.82. The van der Waals surface area contributed by atoms with E-state index in [1.165, 1.54) is 0 Å². The van der Waals surface area contributed by atoms with E-state index in [1.807, 2.05) is 0 Å². The second-order valence-electron chi connectivity index (χ2n) is 2.08. The van der Waals surface area contributed by atoms with Gasteiger partial charge in [-0.1, -0.05) is 0 Å². The fourth-order valence-electron chi connectivity index (χ4n) is 0.860. The molecule has 0 saturated carbocycles. The minimum Gasteiger partial charge on any atom is -0.479 e. The molecule has 60 valence electrons. The molecule has 10 heavy (non-hydrogen) atoms. The first kappa shape index (κ1) is 9.68. The van der Waals surface area contributed by atoms with Crippen LogP contribution in [0.5, 0.6) is 0 Å². The van der Waals surface area contributed by atoms with Crippen LogP contribution in [0.25, 0.3) is 0 Å². The van der Waals surface area contributed by atoms with Crippen LogP contribution in [-0.4, -0.2) is 29.8 Å². The third-order valence-electron chi connectivity index (χ3n) is 1.38. The second-order valence-corrected chi connectivity index (χ2v) is 2.08. The van der Waals surface area contributed by atoms with E-state index in [2.05, 4.69) is 0 Å². The number of rotatable bonds is 1. The van der Waals surface area contributed by atoms with Crippen LogP contribution in [0.4, 0.5) is 0 Å². The monoisotopic (exact) mass is 167 g/mol. The summed E-state index contributed by atoms with van der Waals surface area (Å²) in [5.41, 5.74) is 5.37. The topological polar surface area (TPSA) is 72.5 Å². The van der Waals surface area contributed by atoms with Crippen LogP contribution in [-0.2, 0) is 9.53 Å². The predicted molar refractivity (Wildman–Crippen MR) is 37.2 cm³/mol. The lowest BCUT2D eigenvalue weighted by Crippen LogP contribution is -2.36. The van der Waals surface area contributed by atoms with E-state index in [0.29, 0.717) is 13.0 Å². The third-order valence-corrected chi connectivity index (χ3v) is 1.38. The van der Waals surface area contributed by atoms with Crippen LogP contribution in [0, 0.1) is 0 Å². The van der Waals surface area contributed by atoms with Gasteiger partial charge in [-0.25, -0.2) is 4.79 Å². The predicted octanol–water partition coefficient (Wildman–Crippen LogP) is -0.391. The van der Waals surface area contributed by atoms with Crippen LogP contribution >= 0.6 is 12.4 Å². The number of carboxylic acid groups (broad SMARTS) is 1. The molecule has 2 unspecified atom stereocenters. The van der Waals surface area contributed by atoms with E-state index in [4.69, 9.17) is 15.6 Å². The SMILES string of the molecule is Cl.NC1CCOC1C(=O)O. The maximum Gasteiger partial charge on any atom is 0.334 e. The number of carboxylic acids is 1. The van der Waals surface area contributed by atoms with Gasteiger partial charge in [0.15, 0.2) is 6.10 Å². The van der Waals surface area contributed by atoms with Gasteiger partial charge in [-0.3, -0.25) is 0 Å². The molecule has 0 aliphatic carbocycles. The highest BCUT2D eigenvalue weighted by molar-refractivity contribution is 5.85. The standard InChI is InChI=1S/C5H9NO3.ClH/c6-3-1-2-9-4(3)5(7)8;/h3-4H,1-2,6H2,(H,7,8);1H. The molecule has 3 N–H and O–H groups in total. The molecule has 2 atom stereocenters. The normalized spacial score (nSPS) is 31.3. The number of aliphatic carboxylic acids is 1. The van der Waals surface area contributed by atoms with Crippen LogP contribution < -0.4 is 5.73 Å². The molecule has 0 aromatic rings. The first-order chi connectivity index (χ1) is 4.22. The molecule has 1 rings (SSSR count). The van der Waals surface area contributed by atoms with Gasteiger partial charge in [0.25, 0.3) is 0 Å². The van der Waals surface area contributed by atoms with Crippen LogP contribution in [0.15, 0.2) is 0 Å². The number of hydrogen-bond acceptors (Lipinski definition) is 3. The summed E-state index contributed by atoms with van der Waals surface area (Å²) in [6.45, 7) is 0.470. The molecule has 1 aliphatic heterocycles. The third kappa shape index (κ3) is 1.83. The van der Waals surface area contributed by atoms with E-state index in [1.54, 1.807) is 0 Å². The minimum absolute atomic E-state index is 0. The fourth-order valence-corrected chi connectivity index (χ4v) is 0.860. The molecule has 0 amide bonds. The second kappa shape index (κ2) is 3.75. The highest BCUT2D eigenvalue weighted by Crippen LogP contribution is 2.10. The van der Waals surface area contributed by atoms with Crippen molar-refractivity contribution in [3.63, 3.8) is 0 Å². The lowest BCUT2D eigenvalue weighted by Gasteiger charge is -2.06. The van der Waals surface area contributed by atoms with Crippen LogP contribution in [0.1, 0.15) is 6.42 Å². The Kier molecular flexibility index (Phi) is 3.63. The summed E-state index contributed by atoms with van der Waals surface area (Å²) in [5, 5.41) is 8.38. The molecule has 0 spiro atoms. The Bertz CT molecular complexity index is 130.